The maximum atomic E-state index is 11.6. The van der Waals surface area contributed by atoms with Crippen LogP contribution in [0.1, 0.15) is 13.8 Å². The molecule has 5 nitrogen and oxygen atoms in total. The van der Waals surface area contributed by atoms with Crippen LogP contribution in [-0.2, 0) is 14.6 Å². The van der Waals surface area contributed by atoms with E-state index in [0.717, 1.165) is 0 Å². The fraction of sp³-hybridized carbons (Fsp3) is 0.857. The van der Waals surface area contributed by atoms with Crippen molar-refractivity contribution in [3.05, 3.63) is 0 Å². The first-order valence-corrected chi connectivity index (χ1v) is 5.70. The van der Waals surface area contributed by atoms with E-state index >= 15 is 0 Å². The fourth-order valence-corrected chi connectivity index (χ4v) is 2.65. The van der Waals surface area contributed by atoms with E-state index < -0.39 is 26.5 Å². The van der Waals surface area contributed by atoms with Crippen molar-refractivity contribution < 1.29 is 13.2 Å². The minimum Gasteiger partial charge on any atom is -0.350 e. The Balaban J connectivity index is 3.04. The van der Waals surface area contributed by atoms with Crippen LogP contribution < -0.4 is 11.1 Å². The van der Waals surface area contributed by atoms with E-state index in [4.69, 9.17) is 5.73 Å². The van der Waals surface area contributed by atoms with Crippen LogP contribution in [0.15, 0.2) is 0 Å². The topological polar surface area (TPSA) is 89.3 Å². The summed E-state index contributed by atoms with van der Waals surface area (Å²) < 4.78 is 21.8. The van der Waals surface area contributed by atoms with Gasteiger partial charge in [-0.2, -0.15) is 0 Å². The standard InChI is InChI=1S/C7H14N2O3S/c1-7(2)6(10)9-5(3-8)4-13(7,11)12/h5H,3-4,8H2,1-2H3,(H,9,10). The van der Waals surface area contributed by atoms with Gasteiger partial charge in [0.05, 0.1) is 11.8 Å². The molecule has 0 aromatic carbocycles. The number of sulfone groups is 1. The minimum atomic E-state index is -3.36. The van der Waals surface area contributed by atoms with Gasteiger partial charge in [-0.15, -0.1) is 0 Å². The Kier molecular flexibility index (Phi) is 2.38. The van der Waals surface area contributed by atoms with E-state index in [2.05, 4.69) is 5.32 Å². The van der Waals surface area contributed by atoms with Crippen molar-refractivity contribution in [2.45, 2.75) is 24.6 Å². The predicted molar refractivity (Wildman–Crippen MR) is 48.9 cm³/mol. The van der Waals surface area contributed by atoms with E-state index in [1.54, 1.807) is 0 Å². The van der Waals surface area contributed by atoms with Gasteiger partial charge in [0.1, 0.15) is 4.75 Å². The van der Waals surface area contributed by atoms with Gasteiger partial charge in [0.15, 0.2) is 9.84 Å². The average Bonchev–Trinajstić information content (AvgIpc) is 2.00. The lowest BCUT2D eigenvalue weighted by Gasteiger charge is -2.33. The summed E-state index contributed by atoms with van der Waals surface area (Å²) in [5.74, 6) is -0.531. The van der Waals surface area contributed by atoms with Crippen LogP contribution in [0.5, 0.6) is 0 Å². The van der Waals surface area contributed by atoms with Crippen molar-refractivity contribution >= 4 is 15.7 Å². The maximum Gasteiger partial charge on any atom is 0.241 e. The molecule has 0 spiro atoms. The summed E-state index contributed by atoms with van der Waals surface area (Å²) in [6.07, 6.45) is 0. The van der Waals surface area contributed by atoms with Crippen molar-refractivity contribution in [1.29, 1.82) is 0 Å². The number of nitrogens with two attached hydrogens (primary N) is 1. The Morgan fingerprint density at radius 1 is 1.62 bits per heavy atom. The summed E-state index contributed by atoms with van der Waals surface area (Å²) in [4.78, 5) is 11.4. The van der Waals surface area contributed by atoms with Crippen LogP contribution in [0.4, 0.5) is 0 Å². The molecule has 0 radical (unpaired) electrons. The lowest BCUT2D eigenvalue weighted by Crippen LogP contribution is -2.61. The quantitative estimate of drug-likeness (QED) is 0.554. The number of rotatable bonds is 1. The van der Waals surface area contributed by atoms with Gasteiger partial charge in [-0.1, -0.05) is 0 Å². The number of hydrogen-bond acceptors (Lipinski definition) is 4. The summed E-state index contributed by atoms with van der Waals surface area (Å²) in [7, 11) is -3.36. The van der Waals surface area contributed by atoms with Gasteiger partial charge in [-0.05, 0) is 13.8 Å². The highest BCUT2D eigenvalue weighted by Crippen LogP contribution is 2.22. The first-order valence-electron chi connectivity index (χ1n) is 4.04. The molecule has 0 aliphatic carbocycles. The number of amides is 1. The third kappa shape index (κ3) is 1.55. The van der Waals surface area contributed by atoms with Crippen LogP contribution in [0, 0.1) is 0 Å². The number of carbonyl (C=O) groups is 1. The van der Waals surface area contributed by atoms with Gasteiger partial charge in [0.2, 0.25) is 5.91 Å². The first kappa shape index (κ1) is 10.5. The summed E-state index contributed by atoms with van der Waals surface area (Å²) in [5.41, 5.74) is 5.30. The molecule has 6 heteroatoms. The highest BCUT2D eigenvalue weighted by Gasteiger charge is 2.47. The molecule has 3 N–H and O–H groups in total. The fourth-order valence-electron chi connectivity index (χ4n) is 1.14. The Labute approximate surface area is 77.6 Å². The third-order valence-corrected chi connectivity index (χ3v) is 4.95. The Morgan fingerprint density at radius 2 is 2.15 bits per heavy atom. The molecule has 1 saturated heterocycles. The molecular weight excluding hydrogens is 192 g/mol. The molecule has 1 rings (SSSR count). The van der Waals surface area contributed by atoms with Crippen LogP contribution in [0.25, 0.3) is 0 Å². The Morgan fingerprint density at radius 3 is 2.54 bits per heavy atom. The van der Waals surface area contributed by atoms with Crippen molar-refractivity contribution in [1.82, 2.24) is 5.32 Å². The highest BCUT2D eigenvalue weighted by molar-refractivity contribution is 7.93. The molecule has 1 amide bonds. The van der Waals surface area contributed by atoms with Crippen LogP contribution in [0.2, 0.25) is 0 Å². The molecule has 1 heterocycles. The second kappa shape index (κ2) is 2.95. The van der Waals surface area contributed by atoms with E-state index in [0.29, 0.717) is 0 Å². The SMILES string of the molecule is CC1(C)C(=O)NC(CN)CS1(=O)=O. The zero-order chi connectivity index (χ0) is 10.3. The molecular formula is C7H14N2O3S. The van der Waals surface area contributed by atoms with Crippen molar-refractivity contribution in [3.63, 3.8) is 0 Å². The van der Waals surface area contributed by atoms with E-state index in [1.165, 1.54) is 13.8 Å². The van der Waals surface area contributed by atoms with Gasteiger partial charge in [-0.3, -0.25) is 4.79 Å². The van der Waals surface area contributed by atoms with E-state index in [-0.39, 0.29) is 12.3 Å². The Bertz CT molecular complexity index is 321. The number of carbonyl (C=O) groups excluding carboxylic acids is 1. The lowest BCUT2D eigenvalue weighted by molar-refractivity contribution is -0.123. The van der Waals surface area contributed by atoms with Crippen molar-refractivity contribution in [2.75, 3.05) is 12.3 Å². The van der Waals surface area contributed by atoms with Crippen LogP contribution in [-0.4, -0.2) is 37.4 Å². The Hall–Kier alpha value is -0.620. The molecule has 1 aliphatic rings. The third-order valence-electron chi connectivity index (χ3n) is 2.36. The van der Waals surface area contributed by atoms with Crippen molar-refractivity contribution in [3.8, 4) is 0 Å². The molecule has 1 fully saturated rings. The second-order valence-corrected chi connectivity index (χ2v) is 6.28. The van der Waals surface area contributed by atoms with E-state index in [1.807, 2.05) is 0 Å². The maximum absolute atomic E-state index is 11.6. The second-order valence-electron chi connectivity index (χ2n) is 3.70. The molecule has 0 saturated carbocycles. The number of nitrogens with one attached hydrogen (secondary N) is 1. The van der Waals surface area contributed by atoms with Crippen LogP contribution >= 0.6 is 0 Å². The van der Waals surface area contributed by atoms with Gasteiger partial charge in [0.25, 0.3) is 0 Å². The summed E-state index contributed by atoms with van der Waals surface area (Å²) in [5, 5.41) is 2.57. The summed E-state index contributed by atoms with van der Waals surface area (Å²) in [6.45, 7) is 2.97. The minimum absolute atomic E-state index is 0.0672. The molecule has 76 valence electrons. The molecule has 13 heavy (non-hydrogen) atoms. The molecule has 1 aliphatic heterocycles. The zero-order valence-electron chi connectivity index (χ0n) is 7.70. The van der Waals surface area contributed by atoms with Gasteiger partial charge in [-0.25, -0.2) is 8.42 Å². The van der Waals surface area contributed by atoms with Crippen molar-refractivity contribution in [2.24, 2.45) is 5.73 Å². The zero-order valence-corrected chi connectivity index (χ0v) is 8.52. The van der Waals surface area contributed by atoms with Gasteiger partial charge < -0.3 is 11.1 Å². The average molecular weight is 206 g/mol. The monoisotopic (exact) mass is 206 g/mol. The molecule has 1 atom stereocenters. The smallest absolute Gasteiger partial charge is 0.241 e. The van der Waals surface area contributed by atoms with E-state index in [9.17, 15) is 13.2 Å². The van der Waals surface area contributed by atoms with Gasteiger partial charge >= 0.3 is 0 Å². The highest BCUT2D eigenvalue weighted by atomic mass is 32.2. The van der Waals surface area contributed by atoms with Crippen LogP contribution in [0.3, 0.4) is 0 Å². The molecule has 0 aromatic rings. The first-order chi connectivity index (χ1) is 5.81. The molecule has 1 unspecified atom stereocenters. The lowest BCUT2D eigenvalue weighted by atomic mass is 10.1. The molecule has 0 bridgehead atoms. The summed E-state index contributed by atoms with van der Waals surface area (Å²) >= 11 is 0. The number of hydrogen-bond donors (Lipinski definition) is 2. The van der Waals surface area contributed by atoms with Gasteiger partial charge in [0, 0.05) is 6.54 Å². The normalized spacial score (nSPS) is 31.0. The predicted octanol–water partition coefficient (Wildman–Crippen LogP) is -1.36. The largest absolute Gasteiger partial charge is 0.350 e. The summed E-state index contributed by atoms with van der Waals surface area (Å²) in [6, 6.07) is -0.439. The molecule has 0 aromatic heterocycles.